The number of carbonyl (C=O) groups excluding carboxylic acids is 2. The minimum absolute atomic E-state index is 0.0375. The molecule has 1 amide bonds. The number of amides is 1. The fraction of sp³-hybridized carbons (Fsp3) is 0.233. The zero-order chi connectivity index (χ0) is 28.4. The molecule has 0 fully saturated rings. The number of rotatable bonds is 10. The van der Waals surface area contributed by atoms with Gasteiger partial charge in [0.15, 0.2) is 11.6 Å². The van der Waals surface area contributed by atoms with Crippen molar-refractivity contribution in [2.75, 3.05) is 0 Å². The molecule has 5 rings (SSSR count). The average molecular weight is 556 g/mol. The third kappa shape index (κ3) is 4.93. The lowest BCUT2D eigenvalue weighted by Crippen LogP contribution is -2.29. The topological polar surface area (TPSA) is 119 Å². The zero-order valence-corrected chi connectivity index (χ0v) is 23.3. The van der Waals surface area contributed by atoms with Crippen LogP contribution in [-0.4, -0.2) is 42.1 Å². The van der Waals surface area contributed by atoms with Gasteiger partial charge >= 0.3 is 5.97 Å². The summed E-state index contributed by atoms with van der Waals surface area (Å²) in [5.74, 6) is -0.475. The van der Waals surface area contributed by atoms with Crippen molar-refractivity contribution in [2.24, 2.45) is 0 Å². The normalized spacial score (nSPS) is 11.2. The molecule has 3 aromatic heterocycles. The Balaban J connectivity index is 1.50. The maximum Gasteiger partial charge on any atom is 0.323 e. The Labute approximate surface area is 235 Å². The van der Waals surface area contributed by atoms with Crippen LogP contribution in [0.1, 0.15) is 62.3 Å². The molecule has 3 heterocycles. The van der Waals surface area contributed by atoms with Gasteiger partial charge < -0.3 is 15.0 Å². The van der Waals surface area contributed by atoms with Crippen LogP contribution >= 0.6 is 11.3 Å². The number of aliphatic carboxylic acids is 1. The van der Waals surface area contributed by atoms with Crippen molar-refractivity contribution in [3.8, 4) is 5.00 Å². The summed E-state index contributed by atoms with van der Waals surface area (Å²) in [4.78, 5) is 39.8. The summed E-state index contributed by atoms with van der Waals surface area (Å²) < 4.78 is 3.36. The van der Waals surface area contributed by atoms with Gasteiger partial charge in [0.05, 0.1) is 12.1 Å². The van der Waals surface area contributed by atoms with Gasteiger partial charge in [-0.1, -0.05) is 62.4 Å². The fourth-order valence-corrected chi connectivity index (χ4v) is 6.16. The number of hydrogen-bond donors (Lipinski definition) is 2. The van der Waals surface area contributed by atoms with Crippen molar-refractivity contribution >= 4 is 39.9 Å². The van der Waals surface area contributed by atoms with Crippen molar-refractivity contribution in [3.05, 3.63) is 99.6 Å². The first kappa shape index (κ1) is 27.0. The smallest absolute Gasteiger partial charge is 0.323 e. The maximum atomic E-state index is 13.6. The summed E-state index contributed by atoms with van der Waals surface area (Å²) in [6, 6.07) is 18.4. The molecule has 5 aromatic rings. The van der Waals surface area contributed by atoms with Gasteiger partial charge in [0, 0.05) is 21.3 Å². The number of carbonyl (C=O) groups is 3. The molecule has 0 bridgehead atoms. The van der Waals surface area contributed by atoms with E-state index in [1.165, 1.54) is 11.3 Å². The van der Waals surface area contributed by atoms with Gasteiger partial charge in [-0.15, -0.1) is 21.5 Å². The third-order valence-electron chi connectivity index (χ3n) is 6.83. The Morgan fingerprint density at radius 2 is 1.70 bits per heavy atom. The molecule has 0 aliphatic rings. The molecular weight excluding hydrogens is 526 g/mol. The molecule has 0 unspecified atom stereocenters. The quantitative estimate of drug-likeness (QED) is 0.235. The van der Waals surface area contributed by atoms with Crippen molar-refractivity contribution in [3.63, 3.8) is 0 Å². The number of carboxylic acids is 1. The van der Waals surface area contributed by atoms with E-state index in [9.17, 15) is 19.5 Å². The van der Waals surface area contributed by atoms with Crippen LogP contribution < -0.4 is 5.32 Å². The third-order valence-corrected chi connectivity index (χ3v) is 8.10. The van der Waals surface area contributed by atoms with Crippen LogP contribution in [0.15, 0.2) is 60.7 Å². The number of aromatic nitrogens is 4. The number of hydrogen-bond acceptors (Lipinski definition) is 6. The average Bonchev–Trinajstić information content (AvgIpc) is 3.64. The summed E-state index contributed by atoms with van der Waals surface area (Å²) in [7, 11) is 0. The molecule has 0 aliphatic heterocycles. The van der Waals surface area contributed by atoms with E-state index in [1.807, 2.05) is 66.9 Å². The predicted octanol–water partition coefficient (Wildman–Crippen LogP) is 4.96. The summed E-state index contributed by atoms with van der Waals surface area (Å²) in [5.41, 5.74) is 2.94. The number of nitrogens with one attached hydrogen (secondary N) is 1. The van der Waals surface area contributed by atoms with Crippen LogP contribution in [0.5, 0.6) is 0 Å². The standard InChI is InChI=1S/C30H29N5O4S/c1-4-20-15-23(28(38)19-11-7-6-8-12-19)30(40-20)35-18(3)32-33-25(35)16-31-29(39)27-21(5-2)22-13-9-10-14-24(22)34(27)17-26(36)37/h6-15H,4-5,16-17H2,1-3H3,(H,31,39)(H,36,37). The van der Waals surface area contributed by atoms with E-state index in [0.29, 0.717) is 45.4 Å². The lowest BCUT2D eigenvalue weighted by atomic mass is 10.0. The number of para-hydroxylation sites is 1. The van der Waals surface area contributed by atoms with Gasteiger partial charge in [-0.2, -0.15) is 0 Å². The Morgan fingerprint density at radius 3 is 2.40 bits per heavy atom. The van der Waals surface area contributed by atoms with Crippen LogP contribution in [0.2, 0.25) is 0 Å². The first-order chi connectivity index (χ1) is 19.3. The molecule has 9 nitrogen and oxygen atoms in total. The summed E-state index contributed by atoms with van der Waals surface area (Å²) in [5, 5.41) is 22.6. The predicted molar refractivity (Wildman–Crippen MR) is 153 cm³/mol. The van der Waals surface area contributed by atoms with Crippen molar-refractivity contribution in [1.82, 2.24) is 24.6 Å². The largest absolute Gasteiger partial charge is 0.480 e. The number of nitrogens with zero attached hydrogens (tertiary/aromatic N) is 4. The first-order valence-corrected chi connectivity index (χ1v) is 13.9. The molecular formula is C30H29N5O4S. The Hall–Kier alpha value is -4.57. The Bertz CT molecular complexity index is 1730. The number of thiophene rings is 1. The number of fused-ring (bicyclic) bond motifs is 1. The van der Waals surface area contributed by atoms with Gasteiger partial charge in [0.1, 0.15) is 23.1 Å². The lowest BCUT2D eigenvalue weighted by molar-refractivity contribution is -0.137. The molecule has 0 aliphatic carbocycles. The molecule has 2 aromatic carbocycles. The van der Waals surface area contributed by atoms with E-state index < -0.39 is 11.9 Å². The molecule has 0 atom stereocenters. The summed E-state index contributed by atoms with van der Waals surface area (Å²) >= 11 is 1.50. The maximum absolute atomic E-state index is 13.6. The van der Waals surface area contributed by atoms with Crippen LogP contribution in [0.25, 0.3) is 15.9 Å². The number of aryl methyl sites for hydroxylation is 3. The number of ketones is 1. The van der Waals surface area contributed by atoms with E-state index in [2.05, 4.69) is 15.5 Å². The minimum Gasteiger partial charge on any atom is -0.480 e. The van der Waals surface area contributed by atoms with Gasteiger partial charge in [-0.05, 0) is 37.5 Å². The van der Waals surface area contributed by atoms with Gasteiger partial charge in [-0.25, -0.2) is 0 Å². The van der Waals surface area contributed by atoms with E-state index in [1.54, 1.807) is 23.6 Å². The van der Waals surface area contributed by atoms with E-state index in [0.717, 1.165) is 22.2 Å². The first-order valence-electron chi connectivity index (χ1n) is 13.1. The monoisotopic (exact) mass is 555 g/mol. The number of benzene rings is 2. The molecule has 2 N–H and O–H groups in total. The highest BCUT2D eigenvalue weighted by Gasteiger charge is 2.25. The van der Waals surface area contributed by atoms with Gasteiger partial charge in [-0.3, -0.25) is 19.0 Å². The van der Waals surface area contributed by atoms with E-state index in [4.69, 9.17) is 0 Å². The van der Waals surface area contributed by atoms with Crippen LogP contribution in [0.4, 0.5) is 0 Å². The summed E-state index contributed by atoms with van der Waals surface area (Å²) in [6.45, 7) is 5.49. The zero-order valence-electron chi connectivity index (χ0n) is 22.5. The van der Waals surface area contributed by atoms with Crippen molar-refractivity contribution < 1.29 is 19.5 Å². The van der Waals surface area contributed by atoms with Crippen LogP contribution in [-0.2, 0) is 30.7 Å². The second-order valence-electron chi connectivity index (χ2n) is 9.34. The van der Waals surface area contributed by atoms with Gasteiger partial charge in [0.25, 0.3) is 5.91 Å². The van der Waals surface area contributed by atoms with Crippen molar-refractivity contribution in [1.29, 1.82) is 0 Å². The Morgan fingerprint density at radius 1 is 0.975 bits per heavy atom. The molecule has 0 saturated carbocycles. The minimum atomic E-state index is -1.03. The summed E-state index contributed by atoms with van der Waals surface area (Å²) in [6.07, 6.45) is 1.33. The van der Waals surface area contributed by atoms with Crippen LogP contribution in [0, 0.1) is 6.92 Å². The second-order valence-corrected chi connectivity index (χ2v) is 10.5. The van der Waals surface area contributed by atoms with E-state index in [-0.39, 0.29) is 18.9 Å². The molecule has 204 valence electrons. The second kappa shape index (κ2) is 11.3. The SMILES string of the molecule is CCc1cc(C(=O)c2ccccc2)c(-n2c(C)nnc2CNC(=O)c2c(CC)c3ccccc3n2CC(=O)O)s1. The fourth-order valence-electron chi connectivity index (χ4n) is 5.00. The molecule has 0 radical (unpaired) electrons. The highest BCUT2D eigenvalue weighted by Crippen LogP contribution is 2.31. The van der Waals surface area contributed by atoms with Crippen LogP contribution in [0.3, 0.4) is 0 Å². The Kier molecular flexibility index (Phi) is 7.61. The number of carboxylic acid groups (broad SMARTS) is 1. The molecule has 10 heteroatoms. The highest BCUT2D eigenvalue weighted by atomic mass is 32.1. The highest BCUT2D eigenvalue weighted by molar-refractivity contribution is 7.15. The lowest BCUT2D eigenvalue weighted by Gasteiger charge is -2.12. The molecule has 0 saturated heterocycles. The van der Waals surface area contributed by atoms with Crippen molar-refractivity contribution in [2.45, 2.75) is 46.7 Å². The van der Waals surface area contributed by atoms with Gasteiger partial charge in [0.2, 0.25) is 0 Å². The molecule has 0 spiro atoms. The molecule has 40 heavy (non-hydrogen) atoms. The van der Waals surface area contributed by atoms with E-state index >= 15 is 0 Å².